The maximum Gasteiger partial charge on any atom is 0.131 e. The van der Waals surface area contributed by atoms with Crippen LogP contribution in [-0.4, -0.2) is 64.0 Å². The first-order valence-electron chi connectivity index (χ1n) is 10.0. The summed E-state index contributed by atoms with van der Waals surface area (Å²) in [6, 6.07) is 2.46. The van der Waals surface area contributed by atoms with E-state index in [4.69, 9.17) is 4.74 Å². The van der Waals surface area contributed by atoms with Crippen LogP contribution in [0.2, 0.25) is 0 Å². The van der Waals surface area contributed by atoms with Gasteiger partial charge in [-0.05, 0) is 32.9 Å². The second-order valence-corrected chi connectivity index (χ2v) is 8.07. The van der Waals surface area contributed by atoms with E-state index in [0.717, 1.165) is 37.6 Å². The minimum atomic E-state index is 0.206. The number of hydrogen-bond acceptors (Lipinski definition) is 7. The first kappa shape index (κ1) is 20.5. The van der Waals surface area contributed by atoms with E-state index in [2.05, 4.69) is 64.7 Å². The fourth-order valence-electron chi connectivity index (χ4n) is 3.75. The largest absolute Gasteiger partial charge is 0.376 e. The van der Waals surface area contributed by atoms with E-state index in [-0.39, 0.29) is 18.2 Å². The third-order valence-corrected chi connectivity index (χ3v) is 5.23. The van der Waals surface area contributed by atoms with E-state index in [1.54, 1.807) is 6.33 Å². The van der Waals surface area contributed by atoms with Crippen molar-refractivity contribution in [2.24, 2.45) is 13.0 Å². The van der Waals surface area contributed by atoms with Gasteiger partial charge < -0.3 is 20.3 Å². The van der Waals surface area contributed by atoms with Crippen molar-refractivity contribution in [3.8, 4) is 0 Å². The molecule has 3 rings (SSSR count). The van der Waals surface area contributed by atoms with Crippen LogP contribution >= 0.6 is 0 Å². The second kappa shape index (κ2) is 9.34. The van der Waals surface area contributed by atoms with Gasteiger partial charge in [-0.15, -0.1) is 0 Å². The lowest BCUT2D eigenvalue weighted by Gasteiger charge is -2.35. The minimum Gasteiger partial charge on any atom is -0.376 e. The Morgan fingerprint density at radius 2 is 2.07 bits per heavy atom. The summed E-state index contributed by atoms with van der Waals surface area (Å²) in [6.45, 7) is 5.99. The van der Waals surface area contributed by atoms with Gasteiger partial charge in [0.1, 0.15) is 18.0 Å². The molecule has 0 aliphatic carbocycles. The van der Waals surface area contributed by atoms with Crippen LogP contribution < -0.4 is 10.6 Å². The molecular formula is C20H33N7O. The topological polar surface area (TPSA) is 80.1 Å². The molecule has 154 valence electrons. The molecule has 1 aliphatic heterocycles. The quantitative estimate of drug-likeness (QED) is 0.720. The molecule has 3 heterocycles. The van der Waals surface area contributed by atoms with E-state index in [0.29, 0.717) is 5.92 Å². The van der Waals surface area contributed by atoms with Gasteiger partial charge in [0.15, 0.2) is 0 Å². The summed E-state index contributed by atoms with van der Waals surface area (Å²) in [5, 5.41) is 11.3. The summed E-state index contributed by atoms with van der Waals surface area (Å²) in [5.74, 6) is 2.12. The van der Waals surface area contributed by atoms with Crippen LogP contribution in [0.15, 0.2) is 24.8 Å². The number of hydrogen-bond donors (Lipinski definition) is 2. The van der Waals surface area contributed by atoms with Gasteiger partial charge in [0.05, 0.1) is 24.4 Å². The lowest BCUT2D eigenvalue weighted by atomic mass is 9.94. The summed E-state index contributed by atoms with van der Waals surface area (Å²) in [4.78, 5) is 11.0. The molecule has 1 saturated heterocycles. The molecular weight excluding hydrogens is 354 g/mol. The molecule has 0 spiro atoms. The normalized spacial score (nSPS) is 21.1. The highest BCUT2D eigenvalue weighted by molar-refractivity contribution is 5.47. The summed E-state index contributed by atoms with van der Waals surface area (Å²) in [6.07, 6.45) is 7.95. The molecule has 1 fully saturated rings. The van der Waals surface area contributed by atoms with Crippen molar-refractivity contribution in [2.45, 2.75) is 44.9 Å². The van der Waals surface area contributed by atoms with Crippen molar-refractivity contribution in [3.63, 3.8) is 0 Å². The molecule has 2 aromatic heterocycles. The Hall–Kier alpha value is -2.19. The van der Waals surface area contributed by atoms with Crippen molar-refractivity contribution < 1.29 is 4.74 Å². The Morgan fingerprint density at radius 3 is 2.75 bits per heavy atom. The molecule has 0 saturated carbocycles. The Balaban J connectivity index is 1.64. The Bertz CT molecular complexity index is 746. The monoisotopic (exact) mass is 387 g/mol. The van der Waals surface area contributed by atoms with Crippen LogP contribution in [0.5, 0.6) is 0 Å². The van der Waals surface area contributed by atoms with Crippen LogP contribution in [0, 0.1) is 5.92 Å². The SMILES string of the molecule is CC(C)[C@@H]1OCCC[C@H]1Nc1cc(NC[C@@H](c2cnn(C)c2)N(C)C)ncn1. The zero-order chi connectivity index (χ0) is 20.1. The van der Waals surface area contributed by atoms with Crippen molar-refractivity contribution in [2.75, 3.05) is 37.9 Å². The number of nitrogens with one attached hydrogen (secondary N) is 2. The Labute approximate surface area is 167 Å². The van der Waals surface area contributed by atoms with Gasteiger partial charge in [-0.1, -0.05) is 13.8 Å². The third-order valence-electron chi connectivity index (χ3n) is 5.23. The van der Waals surface area contributed by atoms with Crippen molar-refractivity contribution >= 4 is 11.6 Å². The molecule has 2 aromatic rings. The standard InChI is InChI=1S/C20H33N7O/c1-14(2)20-16(7-6-8-28-20)25-19-9-18(22-13-23-19)21-11-17(26(3)4)15-10-24-27(5)12-15/h9-10,12-14,16-17,20H,6-8,11H2,1-5H3,(H2,21,22,23,25)/t16-,17+,20+/m1/s1. The molecule has 28 heavy (non-hydrogen) atoms. The average molecular weight is 388 g/mol. The molecule has 0 radical (unpaired) electrons. The molecule has 8 nitrogen and oxygen atoms in total. The summed E-state index contributed by atoms with van der Waals surface area (Å²) in [5.41, 5.74) is 1.17. The fourth-order valence-corrected chi connectivity index (χ4v) is 3.75. The van der Waals surface area contributed by atoms with Gasteiger partial charge in [-0.25, -0.2) is 9.97 Å². The minimum absolute atomic E-state index is 0.206. The van der Waals surface area contributed by atoms with E-state index < -0.39 is 0 Å². The maximum atomic E-state index is 5.98. The van der Waals surface area contributed by atoms with Crippen LogP contribution in [0.4, 0.5) is 11.6 Å². The average Bonchev–Trinajstić information content (AvgIpc) is 3.08. The van der Waals surface area contributed by atoms with Gasteiger partial charge in [0.2, 0.25) is 0 Å². The van der Waals surface area contributed by atoms with Crippen LogP contribution in [0.1, 0.15) is 38.3 Å². The predicted molar refractivity (Wildman–Crippen MR) is 111 cm³/mol. The number of anilines is 2. The Morgan fingerprint density at radius 1 is 1.29 bits per heavy atom. The number of rotatable bonds is 8. The predicted octanol–water partition coefficient (Wildman–Crippen LogP) is 2.54. The number of nitrogens with zero attached hydrogens (tertiary/aromatic N) is 5. The van der Waals surface area contributed by atoms with Gasteiger partial charge in [0, 0.05) is 38.0 Å². The highest BCUT2D eigenvalue weighted by Gasteiger charge is 2.28. The molecule has 0 unspecified atom stereocenters. The number of aromatic nitrogens is 4. The zero-order valence-corrected chi connectivity index (χ0v) is 17.6. The molecule has 8 heteroatoms. The van der Waals surface area contributed by atoms with E-state index in [1.807, 2.05) is 24.0 Å². The highest BCUT2D eigenvalue weighted by Crippen LogP contribution is 2.24. The fraction of sp³-hybridized carbons (Fsp3) is 0.650. The third kappa shape index (κ3) is 5.20. The number of aryl methyl sites for hydroxylation is 1. The number of ether oxygens (including phenoxy) is 1. The van der Waals surface area contributed by atoms with Crippen LogP contribution in [-0.2, 0) is 11.8 Å². The van der Waals surface area contributed by atoms with E-state index in [1.165, 1.54) is 5.56 Å². The molecule has 2 N–H and O–H groups in total. The van der Waals surface area contributed by atoms with Crippen molar-refractivity contribution in [3.05, 3.63) is 30.4 Å². The van der Waals surface area contributed by atoms with E-state index in [9.17, 15) is 0 Å². The highest BCUT2D eigenvalue weighted by atomic mass is 16.5. The van der Waals surface area contributed by atoms with E-state index >= 15 is 0 Å². The molecule has 3 atom stereocenters. The summed E-state index contributed by atoms with van der Waals surface area (Å²) < 4.78 is 7.81. The molecule has 0 amide bonds. The zero-order valence-electron chi connectivity index (χ0n) is 17.6. The Kier molecular flexibility index (Phi) is 6.85. The first-order chi connectivity index (χ1) is 13.4. The van der Waals surface area contributed by atoms with Crippen molar-refractivity contribution in [1.82, 2.24) is 24.6 Å². The van der Waals surface area contributed by atoms with Crippen LogP contribution in [0.3, 0.4) is 0 Å². The lowest BCUT2D eigenvalue weighted by Crippen LogP contribution is -2.43. The van der Waals surface area contributed by atoms with Crippen LogP contribution in [0.25, 0.3) is 0 Å². The second-order valence-electron chi connectivity index (χ2n) is 8.07. The number of likely N-dealkylation sites (N-methyl/N-ethyl adjacent to an activating group) is 1. The summed E-state index contributed by atoms with van der Waals surface area (Å²) in [7, 11) is 6.08. The smallest absolute Gasteiger partial charge is 0.131 e. The molecule has 0 bridgehead atoms. The van der Waals surface area contributed by atoms with Crippen molar-refractivity contribution in [1.29, 1.82) is 0 Å². The maximum absolute atomic E-state index is 5.98. The molecule has 0 aromatic carbocycles. The lowest BCUT2D eigenvalue weighted by molar-refractivity contribution is -0.0203. The van der Waals surface area contributed by atoms with Gasteiger partial charge in [0.25, 0.3) is 0 Å². The summed E-state index contributed by atoms with van der Waals surface area (Å²) >= 11 is 0. The molecule has 1 aliphatic rings. The van der Waals surface area contributed by atoms with Gasteiger partial charge in [-0.2, -0.15) is 5.10 Å². The first-order valence-corrected chi connectivity index (χ1v) is 10.0. The van der Waals surface area contributed by atoms with Gasteiger partial charge in [-0.3, -0.25) is 4.68 Å². The van der Waals surface area contributed by atoms with Gasteiger partial charge >= 0.3 is 0 Å².